The number of aryl methyl sites for hydroxylation is 1. The number of hydrogen-bond acceptors (Lipinski definition) is 3. The predicted octanol–water partition coefficient (Wildman–Crippen LogP) is 4.26. The van der Waals surface area contributed by atoms with Crippen LogP contribution >= 0.6 is 15.9 Å². The lowest BCUT2D eigenvalue weighted by Crippen LogP contribution is -2.08. The number of ether oxygens (including phenoxy) is 1. The molecule has 2 rings (SSSR count). The zero-order valence-electron chi connectivity index (χ0n) is 12.2. The summed E-state index contributed by atoms with van der Waals surface area (Å²) in [5.74, 6) is -0.361. The molecule has 21 heavy (non-hydrogen) atoms. The Morgan fingerprint density at radius 1 is 1.19 bits per heavy atom. The molecular weight excluding hydrogens is 330 g/mol. The van der Waals surface area contributed by atoms with E-state index in [1.807, 2.05) is 31.2 Å². The topological polar surface area (TPSA) is 52.3 Å². The SMILES string of the molecule is CCc1ccc(COC(=O)c2cc(Br)cc(N)c2C)cc1. The highest BCUT2D eigenvalue weighted by molar-refractivity contribution is 9.10. The van der Waals surface area contributed by atoms with Crippen molar-refractivity contribution in [2.24, 2.45) is 0 Å². The highest BCUT2D eigenvalue weighted by Gasteiger charge is 2.13. The predicted molar refractivity (Wildman–Crippen MR) is 88.2 cm³/mol. The lowest BCUT2D eigenvalue weighted by atomic mass is 10.1. The number of hydrogen-bond donors (Lipinski definition) is 1. The van der Waals surface area contributed by atoms with Gasteiger partial charge in [-0.3, -0.25) is 0 Å². The summed E-state index contributed by atoms with van der Waals surface area (Å²) in [6, 6.07) is 11.6. The van der Waals surface area contributed by atoms with E-state index in [1.165, 1.54) is 5.56 Å². The molecule has 2 aromatic rings. The summed E-state index contributed by atoms with van der Waals surface area (Å²) in [7, 11) is 0. The summed E-state index contributed by atoms with van der Waals surface area (Å²) in [4.78, 5) is 12.2. The molecule has 0 fully saturated rings. The van der Waals surface area contributed by atoms with Crippen molar-refractivity contribution in [2.75, 3.05) is 5.73 Å². The second-order valence-corrected chi connectivity index (χ2v) is 5.83. The van der Waals surface area contributed by atoms with Gasteiger partial charge in [-0.15, -0.1) is 0 Å². The highest BCUT2D eigenvalue weighted by Crippen LogP contribution is 2.23. The maximum Gasteiger partial charge on any atom is 0.338 e. The van der Waals surface area contributed by atoms with E-state index in [1.54, 1.807) is 12.1 Å². The third-order valence-corrected chi connectivity index (χ3v) is 3.89. The molecule has 0 spiro atoms. The van der Waals surface area contributed by atoms with E-state index in [2.05, 4.69) is 22.9 Å². The summed E-state index contributed by atoms with van der Waals surface area (Å²) in [6.45, 7) is 4.18. The van der Waals surface area contributed by atoms with E-state index in [0.29, 0.717) is 11.3 Å². The molecule has 0 aromatic heterocycles. The molecule has 110 valence electrons. The molecule has 0 saturated heterocycles. The Morgan fingerprint density at radius 2 is 1.81 bits per heavy atom. The molecular formula is C17H18BrNO2. The average Bonchev–Trinajstić information content (AvgIpc) is 2.49. The van der Waals surface area contributed by atoms with Gasteiger partial charge < -0.3 is 10.5 Å². The number of carbonyl (C=O) groups is 1. The number of rotatable bonds is 4. The lowest BCUT2D eigenvalue weighted by molar-refractivity contribution is 0.0472. The fourth-order valence-corrected chi connectivity index (χ4v) is 2.49. The minimum atomic E-state index is -0.361. The Hall–Kier alpha value is -1.81. The highest BCUT2D eigenvalue weighted by atomic mass is 79.9. The Kier molecular flexibility index (Phi) is 5.02. The van der Waals surface area contributed by atoms with Crippen LogP contribution in [0.2, 0.25) is 0 Å². The standard InChI is InChI=1S/C17H18BrNO2/c1-3-12-4-6-13(7-5-12)10-21-17(20)15-8-14(18)9-16(19)11(15)2/h4-9H,3,10,19H2,1-2H3. The van der Waals surface area contributed by atoms with Crippen molar-refractivity contribution in [3.05, 3.63) is 63.1 Å². The van der Waals surface area contributed by atoms with E-state index in [4.69, 9.17) is 10.5 Å². The third-order valence-electron chi connectivity index (χ3n) is 3.43. The maximum atomic E-state index is 12.2. The van der Waals surface area contributed by atoms with Crippen molar-refractivity contribution in [3.63, 3.8) is 0 Å². The van der Waals surface area contributed by atoms with Gasteiger partial charge in [0.2, 0.25) is 0 Å². The monoisotopic (exact) mass is 347 g/mol. The largest absolute Gasteiger partial charge is 0.457 e. The smallest absolute Gasteiger partial charge is 0.338 e. The Bertz CT molecular complexity index is 651. The van der Waals surface area contributed by atoms with Crippen molar-refractivity contribution in [2.45, 2.75) is 26.9 Å². The number of carbonyl (C=O) groups excluding carboxylic acids is 1. The average molecular weight is 348 g/mol. The number of esters is 1. The zero-order valence-corrected chi connectivity index (χ0v) is 13.7. The molecule has 0 atom stereocenters. The Labute approximate surface area is 133 Å². The van der Waals surface area contributed by atoms with Gasteiger partial charge in [0.15, 0.2) is 0 Å². The van der Waals surface area contributed by atoms with Gasteiger partial charge in [-0.25, -0.2) is 4.79 Å². The van der Waals surface area contributed by atoms with Crippen LogP contribution in [0, 0.1) is 6.92 Å². The van der Waals surface area contributed by atoms with Gasteiger partial charge in [-0.1, -0.05) is 47.1 Å². The van der Waals surface area contributed by atoms with Crippen LogP contribution in [0.25, 0.3) is 0 Å². The van der Waals surface area contributed by atoms with Gasteiger partial charge in [0.05, 0.1) is 5.56 Å². The van der Waals surface area contributed by atoms with E-state index in [0.717, 1.165) is 22.0 Å². The minimum Gasteiger partial charge on any atom is -0.457 e. The first-order valence-electron chi connectivity index (χ1n) is 6.81. The Morgan fingerprint density at radius 3 is 2.43 bits per heavy atom. The molecule has 2 aromatic carbocycles. The van der Waals surface area contributed by atoms with Crippen LogP contribution in [0.15, 0.2) is 40.9 Å². The van der Waals surface area contributed by atoms with Gasteiger partial charge in [-0.2, -0.15) is 0 Å². The fraction of sp³-hybridized carbons (Fsp3) is 0.235. The first-order valence-corrected chi connectivity index (χ1v) is 7.61. The van der Waals surface area contributed by atoms with Gasteiger partial charge in [0.1, 0.15) is 6.61 Å². The van der Waals surface area contributed by atoms with E-state index >= 15 is 0 Å². The van der Waals surface area contributed by atoms with Crippen LogP contribution in [-0.2, 0) is 17.8 Å². The summed E-state index contributed by atoms with van der Waals surface area (Å²) in [5.41, 5.74) is 9.90. The van der Waals surface area contributed by atoms with E-state index in [-0.39, 0.29) is 12.6 Å². The number of halogens is 1. The second kappa shape index (κ2) is 6.76. The summed E-state index contributed by atoms with van der Waals surface area (Å²) >= 11 is 3.34. The molecule has 0 heterocycles. The van der Waals surface area contributed by atoms with Crippen LogP contribution in [0.1, 0.15) is 34.0 Å². The summed E-state index contributed by atoms with van der Waals surface area (Å²) in [6.07, 6.45) is 0.997. The fourth-order valence-electron chi connectivity index (χ4n) is 2.01. The summed E-state index contributed by atoms with van der Waals surface area (Å²) in [5, 5.41) is 0. The molecule has 0 radical (unpaired) electrons. The minimum absolute atomic E-state index is 0.259. The molecule has 0 saturated carbocycles. The zero-order chi connectivity index (χ0) is 15.4. The number of benzene rings is 2. The van der Waals surface area contributed by atoms with E-state index < -0.39 is 0 Å². The number of nitrogen functional groups attached to an aromatic ring is 1. The maximum absolute atomic E-state index is 12.2. The molecule has 0 aliphatic carbocycles. The van der Waals surface area contributed by atoms with Gasteiger partial charge in [0, 0.05) is 10.2 Å². The van der Waals surface area contributed by atoms with Crippen LogP contribution in [0.4, 0.5) is 5.69 Å². The van der Waals surface area contributed by atoms with Crippen LogP contribution in [-0.4, -0.2) is 5.97 Å². The third kappa shape index (κ3) is 3.85. The van der Waals surface area contributed by atoms with Gasteiger partial charge in [0.25, 0.3) is 0 Å². The van der Waals surface area contributed by atoms with Crippen molar-refractivity contribution in [1.29, 1.82) is 0 Å². The molecule has 0 aliphatic rings. The van der Waals surface area contributed by atoms with E-state index in [9.17, 15) is 4.79 Å². The van der Waals surface area contributed by atoms with Crippen LogP contribution in [0.3, 0.4) is 0 Å². The normalized spacial score (nSPS) is 10.4. The molecule has 0 bridgehead atoms. The van der Waals surface area contributed by atoms with Crippen LogP contribution in [0.5, 0.6) is 0 Å². The number of nitrogens with two attached hydrogens (primary N) is 1. The molecule has 3 nitrogen and oxygen atoms in total. The summed E-state index contributed by atoms with van der Waals surface area (Å²) < 4.78 is 6.13. The first kappa shape index (κ1) is 15.6. The molecule has 0 amide bonds. The first-order chi connectivity index (χ1) is 10.0. The molecule has 4 heteroatoms. The number of anilines is 1. The molecule has 2 N–H and O–H groups in total. The second-order valence-electron chi connectivity index (χ2n) is 4.91. The van der Waals surface area contributed by atoms with Crippen molar-refractivity contribution in [3.8, 4) is 0 Å². The van der Waals surface area contributed by atoms with Gasteiger partial charge in [-0.05, 0) is 42.2 Å². The molecule has 0 unspecified atom stereocenters. The van der Waals surface area contributed by atoms with Crippen molar-refractivity contribution < 1.29 is 9.53 Å². The van der Waals surface area contributed by atoms with Crippen molar-refractivity contribution in [1.82, 2.24) is 0 Å². The Balaban J connectivity index is 2.08. The lowest BCUT2D eigenvalue weighted by Gasteiger charge is -2.10. The van der Waals surface area contributed by atoms with Crippen LogP contribution < -0.4 is 5.73 Å². The van der Waals surface area contributed by atoms with Gasteiger partial charge >= 0.3 is 5.97 Å². The van der Waals surface area contributed by atoms with Crippen molar-refractivity contribution >= 4 is 27.6 Å². The quantitative estimate of drug-likeness (QED) is 0.664. The molecule has 0 aliphatic heterocycles.